The fraction of sp³-hybridized carbons (Fsp3) is 0.462. The van der Waals surface area contributed by atoms with Crippen molar-refractivity contribution in [3.05, 3.63) is 23.3 Å². The quantitative estimate of drug-likeness (QED) is 0.758. The molecule has 0 N–H and O–H groups in total. The number of Topliss-reactive ketones (excluding diaryl/α,β-unsaturated/α-hetero) is 1. The molecule has 3 nitrogen and oxygen atoms in total. The van der Waals surface area contributed by atoms with Crippen LogP contribution in [0, 0.1) is 0 Å². The maximum atomic E-state index is 14.1. The van der Waals surface area contributed by atoms with Gasteiger partial charge >= 0.3 is 0 Å². The predicted octanol–water partition coefficient (Wildman–Crippen LogP) is 3.11. The van der Waals surface area contributed by atoms with E-state index in [2.05, 4.69) is 0 Å². The van der Waals surface area contributed by atoms with Crippen LogP contribution in [0.5, 0.6) is 11.5 Å². The average Bonchev–Trinajstić information content (AvgIpc) is 2.25. The molecule has 0 radical (unpaired) electrons. The zero-order valence-electron chi connectivity index (χ0n) is 10.8. The molecule has 0 aliphatic rings. The van der Waals surface area contributed by atoms with Crippen molar-refractivity contribution in [3.8, 4) is 11.5 Å². The summed E-state index contributed by atoms with van der Waals surface area (Å²) in [7, 11) is 2.90. The summed E-state index contributed by atoms with van der Waals surface area (Å²) >= 11 is 0. The summed E-state index contributed by atoms with van der Waals surface area (Å²) in [6.07, 6.45) is 0. The van der Waals surface area contributed by atoms with Gasteiger partial charge in [-0.15, -0.1) is 0 Å². The molecule has 94 valence electrons. The van der Waals surface area contributed by atoms with Gasteiger partial charge in [-0.05, 0) is 32.9 Å². The highest BCUT2D eigenvalue weighted by Crippen LogP contribution is 2.40. The van der Waals surface area contributed by atoms with Crippen LogP contribution in [-0.2, 0) is 5.67 Å². The number of halogens is 1. The molecule has 0 bridgehead atoms. The van der Waals surface area contributed by atoms with Crippen LogP contribution >= 0.6 is 0 Å². The Morgan fingerprint density at radius 1 is 1.24 bits per heavy atom. The number of methoxy groups -OCH3 is 2. The molecular weight excluding hydrogens is 223 g/mol. The lowest BCUT2D eigenvalue weighted by Crippen LogP contribution is -2.13. The molecule has 0 atom stereocenters. The Morgan fingerprint density at radius 2 is 1.82 bits per heavy atom. The normalized spacial score (nSPS) is 11.2. The van der Waals surface area contributed by atoms with Gasteiger partial charge in [0.1, 0.15) is 5.67 Å². The van der Waals surface area contributed by atoms with E-state index in [1.165, 1.54) is 41.1 Å². The third kappa shape index (κ3) is 2.75. The van der Waals surface area contributed by atoms with Crippen molar-refractivity contribution >= 4 is 5.78 Å². The van der Waals surface area contributed by atoms with E-state index in [1.54, 1.807) is 6.07 Å². The van der Waals surface area contributed by atoms with E-state index in [9.17, 15) is 9.18 Å². The lowest BCUT2D eigenvalue weighted by Gasteiger charge is -2.21. The van der Waals surface area contributed by atoms with E-state index in [1.807, 2.05) is 0 Å². The molecular formula is C13H17FO3. The minimum absolute atomic E-state index is 0.142. The van der Waals surface area contributed by atoms with Crippen molar-refractivity contribution in [2.45, 2.75) is 26.4 Å². The highest BCUT2D eigenvalue weighted by atomic mass is 19.1. The number of alkyl halides is 1. The van der Waals surface area contributed by atoms with Crippen LogP contribution < -0.4 is 9.47 Å². The highest BCUT2D eigenvalue weighted by Gasteiger charge is 2.27. The molecule has 0 fully saturated rings. The first-order valence-electron chi connectivity index (χ1n) is 5.27. The minimum Gasteiger partial charge on any atom is -0.493 e. The first-order chi connectivity index (χ1) is 7.81. The van der Waals surface area contributed by atoms with Crippen molar-refractivity contribution in [2.75, 3.05) is 14.2 Å². The van der Waals surface area contributed by atoms with Gasteiger partial charge in [-0.3, -0.25) is 4.79 Å². The SMILES string of the molecule is COc1cc(C(C)=O)cc(C(C)(C)F)c1OC. The van der Waals surface area contributed by atoms with Crippen LogP contribution in [-0.4, -0.2) is 20.0 Å². The molecule has 0 aliphatic carbocycles. The molecule has 17 heavy (non-hydrogen) atoms. The Balaban J connectivity index is 3.54. The largest absolute Gasteiger partial charge is 0.493 e. The number of ketones is 1. The van der Waals surface area contributed by atoms with Crippen LogP contribution in [0.15, 0.2) is 12.1 Å². The van der Waals surface area contributed by atoms with Gasteiger partial charge in [0.2, 0.25) is 0 Å². The van der Waals surface area contributed by atoms with Gasteiger partial charge in [0.25, 0.3) is 0 Å². The Morgan fingerprint density at radius 3 is 2.18 bits per heavy atom. The molecule has 0 heterocycles. The average molecular weight is 240 g/mol. The van der Waals surface area contributed by atoms with Crippen molar-refractivity contribution < 1.29 is 18.7 Å². The van der Waals surface area contributed by atoms with Crippen molar-refractivity contribution in [1.82, 2.24) is 0 Å². The first kappa shape index (κ1) is 13.5. The summed E-state index contributed by atoms with van der Waals surface area (Å²) in [4.78, 5) is 11.4. The molecule has 0 unspecified atom stereocenters. The Bertz CT molecular complexity index is 433. The number of rotatable bonds is 4. The monoisotopic (exact) mass is 240 g/mol. The van der Waals surface area contributed by atoms with E-state index < -0.39 is 5.67 Å². The van der Waals surface area contributed by atoms with Gasteiger partial charge in [0.15, 0.2) is 17.3 Å². The van der Waals surface area contributed by atoms with Crippen molar-refractivity contribution in [2.24, 2.45) is 0 Å². The molecule has 0 saturated heterocycles. The van der Waals surface area contributed by atoms with E-state index in [-0.39, 0.29) is 5.78 Å². The minimum atomic E-state index is -1.61. The van der Waals surface area contributed by atoms with Crippen LogP contribution in [0.2, 0.25) is 0 Å². The van der Waals surface area contributed by atoms with Gasteiger partial charge in [-0.25, -0.2) is 4.39 Å². The molecule has 0 saturated carbocycles. The summed E-state index contributed by atoms with van der Waals surface area (Å²) < 4.78 is 24.4. The number of carbonyl (C=O) groups excluding carboxylic acids is 1. The summed E-state index contributed by atoms with van der Waals surface area (Å²) in [5, 5.41) is 0. The fourth-order valence-corrected chi connectivity index (χ4v) is 1.61. The van der Waals surface area contributed by atoms with Gasteiger partial charge in [-0.2, -0.15) is 0 Å². The lowest BCUT2D eigenvalue weighted by atomic mass is 9.95. The Kier molecular flexibility index (Phi) is 3.76. The standard InChI is InChI=1S/C13H17FO3/c1-8(15)9-6-10(13(2,3)14)12(17-5)11(7-9)16-4/h6-7H,1-5H3. The molecule has 0 spiro atoms. The Hall–Kier alpha value is -1.58. The van der Waals surface area contributed by atoms with Crippen molar-refractivity contribution in [1.29, 1.82) is 0 Å². The summed E-state index contributed by atoms with van der Waals surface area (Å²) in [6, 6.07) is 3.06. The third-order valence-electron chi connectivity index (χ3n) is 2.53. The Labute approximate surface area is 101 Å². The van der Waals surface area contributed by atoms with Crippen LogP contribution in [0.4, 0.5) is 4.39 Å². The lowest BCUT2D eigenvalue weighted by molar-refractivity contribution is 0.101. The molecule has 0 aliphatic heterocycles. The van der Waals surface area contributed by atoms with Crippen molar-refractivity contribution in [3.63, 3.8) is 0 Å². The van der Waals surface area contributed by atoms with Gasteiger partial charge in [-0.1, -0.05) is 0 Å². The fourth-order valence-electron chi connectivity index (χ4n) is 1.61. The number of hydrogen-bond acceptors (Lipinski definition) is 3. The maximum Gasteiger partial charge on any atom is 0.167 e. The van der Waals surface area contributed by atoms with Crippen LogP contribution in [0.25, 0.3) is 0 Å². The molecule has 1 rings (SSSR count). The number of benzene rings is 1. The van der Waals surface area contributed by atoms with Gasteiger partial charge in [0, 0.05) is 11.1 Å². The summed E-state index contributed by atoms with van der Waals surface area (Å²) in [5.41, 5.74) is -0.891. The number of carbonyl (C=O) groups is 1. The molecule has 4 heteroatoms. The van der Waals surface area contributed by atoms with E-state index in [4.69, 9.17) is 9.47 Å². The third-order valence-corrected chi connectivity index (χ3v) is 2.53. The van der Waals surface area contributed by atoms with Crippen LogP contribution in [0.1, 0.15) is 36.7 Å². The van der Waals surface area contributed by atoms with E-state index >= 15 is 0 Å². The van der Waals surface area contributed by atoms with E-state index in [0.717, 1.165) is 0 Å². The highest BCUT2D eigenvalue weighted by molar-refractivity contribution is 5.95. The second kappa shape index (κ2) is 4.73. The predicted molar refractivity (Wildman–Crippen MR) is 63.7 cm³/mol. The maximum absolute atomic E-state index is 14.1. The van der Waals surface area contributed by atoms with Gasteiger partial charge in [0.05, 0.1) is 14.2 Å². The molecule has 0 aromatic heterocycles. The topological polar surface area (TPSA) is 35.5 Å². The second-order valence-electron chi connectivity index (χ2n) is 4.29. The summed E-state index contributed by atoms with van der Waals surface area (Å²) in [5.74, 6) is 0.544. The summed E-state index contributed by atoms with van der Waals surface area (Å²) in [6.45, 7) is 4.25. The smallest absolute Gasteiger partial charge is 0.167 e. The van der Waals surface area contributed by atoms with Gasteiger partial charge < -0.3 is 9.47 Å². The number of hydrogen-bond donors (Lipinski definition) is 0. The van der Waals surface area contributed by atoms with E-state index in [0.29, 0.717) is 22.6 Å². The molecule has 1 aromatic rings. The zero-order valence-corrected chi connectivity index (χ0v) is 10.8. The number of ether oxygens (including phenoxy) is 2. The molecule has 1 aromatic carbocycles. The first-order valence-corrected chi connectivity index (χ1v) is 5.27. The second-order valence-corrected chi connectivity index (χ2v) is 4.29. The molecule has 0 amide bonds. The zero-order chi connectivity index (χ0) is 13.2. The van der Waals surface area contributed by atoms with Crippen LogP contribution in [0.3, 0.4) is 0 Å².